The first-order valence-electron chi connectivity index (χ1n) is 8.69. The lowest BCUT2D eigenvalue weighted by molar-refractivity contribution is 0.0828. The zero-order valence-corrected chi connectivity index (χ0v) is 15.7. The van der Waals surface area contributed by atoms with Crippen LogP contribution in [0.15, 0.2) is 23.8 Å². The van der Waals surface area contributed by atoms with E-state index in [1.807, 2.05) is 15.8 Å². The molecule has 0 spiro atoms. The van der Waals surface area contributed by atoms with Crippen LogP contribution in [0.3, 0.4) is 0 Å². The van der Waals surface area contributed by atoms with Crippen molar-refractivity contribution < 1.29 is 4.79 Å². The molecular formula is C18H22N6OS. The van der Waals surface area contributed by atoms with Crippen LogP contribution in [0, 0.1) is 0 Å². The third-order valence-electron chi connectivity index (χ3n) is 4.76. The number of nitrogens with two attached hydrogens (primary N) is 1. The van der Waals surface area contributed by atoms with Crippen molar-refractivity contribution in [2.24, 2.45) is 0 Å². The number of hydrogen-bond acceptors (Lipinski definition) is 6. The molecule has 1 unspecified atom stereocenters. The van der Waals surface area contributed by atoms with E-state index in [1.165, 1.54) is 11.3 Å². The summed E-state index contributed by atoms with van der Waals surface area (Å²) in [4.78, 5) is 23.8. The first-order chi connectivity index (χ1) is 12.5. The van der Waals surface area contributed by atoms with Crippen molar-refractivity contribution in [2.45, 2.75) is 18.8 Å². The molecule has 3 aromatic rings. The van der Waals surface area contributed by atoms with Crippen LogP contribution >= 0.6 is 11.3 Å². The molecule has 3 N–H and O–H groups in total. The first kappa shape index (κ1) is 17.0. The van der Waals surface area contributed by atoms with Gasteiger partial charge >= 0.3 is 0 Å². The highest BCUT2D eigenvalue weighted by molar-refractivity contribution is 7.13. The van der Waals surface area contributed by atoms with Gasteiger partial charge in [-0.05, 0) is 25.5 Å². The number of nitrogens with zero attached hydrogens (tertiary/aromatic N) is 4. The molecule has 1 saturated heterocycles. The predicted octanol–water partition coefficient (Wildman–Crippen LogP) is 2.21. The van der Waals surface area contributed by atoms with Crippen molar-refractivity contribution in [1.29, 1.82) is 0 Å². The minimum Gasteiger partial charge on any atom is -0.381 e. The Balaban J connectivity index is 1.77. The van der Waals surface area contributed by atoms with Gasteiger partial charge in [0.2, 0.25) is 0 Å². The van der Waals surface area contributed by atoms with Crippen molar-refractivity contribution in [1.82, 2.24) is 24.6 Å². The molecule has 0 saturated carbocycles. The molecule has 8 heteroatoms. The normalized spacial score (nSPS) is 17.5. The second kappa shape index (κ2) is 6.69. The Morgan fingerprint density at radius 3 is 3.04 bits per heavy atom. The fraction of sp³-hybridized carbons (Fsp3) is 0.389. The zero-order chi connectivity index (χ0) is 18.3. The molecule has 1 amide bonds. The highest BCUT2D eigenvalue weighted by Crippen LogP contribution is 2.31. The number of rotatable bonds is 3. The molecule has 4 heterocycles. The van der Waals surface area contributed by atoms with Gasteiger partial charge in [0.25, 0.3) is 5.91 Å². The van der Waals surface area contributed by atoms with Crippen LogP contribution in [-0.4, -0.2) is 52.4 Å². The Morgan fingerprint density at radius 2 is 2.31 bits per heavy atom. The van der Waals surface area contributed by atoms with Crippen LogP contribution in [0.1, 0.15) is 34.8 Å². The van der Waals surface area contributed by atoms with E-state index in [0.29, 0.717) is 22.9 Å². The minimum absolute atomic E-state index is 0.00764. The van der Waals surface area contributed by atoms with Gasteiger partial charge in [-0.1, -0.05) is 0 Å². The molecule has 1 aliphatic heterocycles. The van der Waals surface area contributed by atoms with Crippen LogP contribution < -0.4 is 11.1 Å². The number of carbonyl (C=O) groups is 1. The van der Waals surface area contributed by atoms with E-state index in [2.05, 4.69) is 16.5 Å². The lowest BCUT2D eigenvalue weighted by Gasteiger charge is -2.20. The number of imidazole rings is 1. The van der Waals surface area contributed by atoms with Gasteiger partial charge in [0, 0.05) is 38.1 Å². The zero-order valence-electron chi connectivity index (χ0n) is 14.9. The van der Waals surface area contributed by atoms with Crippen molar-refractivity contribution >= 4 is 28.7 Å². The quantitative estimate of drug-likeness (QED) is 0.738. The molecular weight excluding hydrogens is 348 g/mol. The van der Waals surface area contributed by atoms with Gasteiger partial charge in [0.05, 0.1) is 28.0 Å². The molecule has 0 aromatic carbocycles. The molecule has 4 rings (SSSR count). The minimum atomic E-state index is -0.00764. The standard InChI is InChI=1S/C18H22N6OS/c1-23(2)18(25)12-6-15(26-10-12)14-8-21-16(19)17-22-13(9-24(14)17)11-4-3-5-20-7-11/h6,8-11,20H,3-5,7H2,1-2H3,(H2,19,21). The van der Waals surface area contributed by atoms with Crippen LogP contribution in [-0.2, 0) is 0 Å². The Bertz CT molecular complexity index is 954. The van der Waals surface area contributed by atoms with E-state index >= 15 is 0 Å². The average Bonchev–Trinajstić information content (AvgIpc) is 3.30. The van der Waals surface area contributed by atoms with Crippen LogP contribution in [0.4, 0.5) is 5.82 Å². The van der Waals surface area contributed by atoms with E-state index < -0.39 is 0 Å². The molecule has 0 aliphatic carbocycles. The highest BCUT2D eigenvalue weighted by atomic mass is 32.1. The Hall–Kier alpha value is -2.45. The number of thiophene rings is 1. The second-order valence-corrected chi connectivity index (χ2v) is 7.74. The maximum Gasteiger partial charge on any atom is 0.254 e. The largest absolute Gasteiger partial charge is 0.381 e. The third-order valence-corrected chi connectivity index (χ3v) is 5.71. The molecule has 136 valence electrons. The van der Waals surface area contributed by atoms with Gasteiger partial charge in [0.15, 0.2) is 11.5 Å². The maximum atomic E-state index is 12.2. The van der Waals surface area contributed by atoms with Gasteiger partial charge < -0.3 is 16.0 Å². The SMILES string of the molecule is CN(C)C(=O)c1csc(-c2cnc(N)c3nc(C4CCCNC4)cn23)c1. The fourth-order valence-corrected chi connectivity index (χ4v) is 4.23. The summed E-state index contributed by atoms with van der Waals surface area (Å²) in [7, 11) is 3.51. The Kier molecular flexibility index (Phi) is 4.37. The molecule has 26 heavy (non-hydrogen) atoms. The van der Waals surface area contributed by atoms with Gasteiger partial charge in [0.1, 0.15) is 0 Å². The Labute approximate surface area is 155 Å². The van der Waals surface area contributed by atoms with Crippen LogP contribution in [0.25, 0.3) is 16.2 Å². The average molecular weight is 370 g/mol. The third kappa shape index (κ3) is 2.95. The van der Waals surface area contributed by atoms with Crippen molar-refractivity contribution in [2.75, 3.05) is 32.9 Å². The number of piperidine rings is 1. The van der Waals surface area contributed by atoms with Crippen molar-refractivity contribution in [3.05, 3.63) is 35.1 Å². The van der Waals surface area contributed by atoms with Gasteiger partial charge in [-0.3, -0.25) is 9.20 Å². The number of carbonyl (C=O) groups excluding carboxylic acids is 1. The summed E-state index contributed by atoms with van der Waals surface area (Å²) in [6.07, 6.45) is 6.09. The number of anilines is 1. The maximum absolute atomic E-state index is 12.2. The van der Waals surface area contributed by atoms with Gasteiger partial charge in [-0.15, -0.1) is 11.3 Å². The summed E-state index contributed by atoms with van der Waals surface area (Å²) in [6.45, 7) is 2.00. The van der Waals surface area contributed by atoms with E-state index in [1.54, 1.807) is 25.2 Å². The second-order valence-electron chi connectivity index (χ2n) is 6.83. The lowest BCUT2D eigenvalue weighted by atomic mass is 9.97. The monoisotopic (exact) mass is 370 g/mol. The Morgan fingerprint density at radius 1 is 1.46 bits per heavy atom. The van der Waals surface area contributed by atoms with E-state index in [4.69, 9.17) is 10.7 Å². The smallest absolute Gasteiger partial charge is 0.254 e. The molecule has 3 aromatic heterocycles. The summed E-state index contributed by atoms with van der Waals surface area (Å²) >= 11 is 1.52. The molecule has 0 radical (unpaired) electrons. The molecule has 1 aliphatic rings. The number of nitrogens with one attached hydrogen (secondary N) is 1. The van der Waals surface area contributed by atoms with Crippen LogP contribution in [0.2, 0.25) is 0 Å². The van der Waals surface area contributed by atoms with Crippen molar-refractivity contribution in [3.63, 3.8) is 0 Å². The van der Waals surface area contributed by atoms with Gasteiger partial charge in [-0.25, -0.2) is 9.97 Å². The number of hydrogen-bond donors (Lipinski definition) is 2. The fourth-order valence-electron chi connectivity index (χ4n) is 3.34. The van der Waals surface area contributed by atoms with E-state index in [-0.39, 0.29) is 5.91 Å². The number of amides is 1. The summed E-state index contributed by atoms with van der Waals surface area (Å²) in [6, 6.07) is 1.90. The summed E-state index contributed by atoms with van der Waals surface area (Å²) in [5, 5.41) is 5.31. The first-order valence-corrected chi connectivity index (χ1v) is 9.57. The van der Waals surface area contributed by atoms with Crippen molar-refractivity contribution in [3.8, 4) is 10.6 Å². The lowest BCUT2D eigenvalue weighted by Crippen LogP contribution is -2.28. The van der Waals surface area contributed by atoms with Gasteiger partial charge in [-0.2, -0.15) is 0 Å². The highest BCUT2D eigenvalue weighted by Gasteiger charge is 2.21. The summed E-state index contributed by atoms with van der Waals surface area (Å²) in [5.41, 5.74) is 9.37. The number of aromatic nitrogens is 3. The van der Waals surface area contributed by atoms with E-state index in [9.17, 15) is 4.79 Å². The summed E-state index contributed by atoms with van der Waals surface area (Å²) in [5.74, 6) is 0.807. The number of nitrogen functional groups attached to an aromatic ring is 1. The topological polar surface area (TPSA) is 88.5 Å². The number of fused-ring (bicyclic) bond motifs is 1. The molecule has 1 fully saturated rings. The predicted molar refractivity (Wildman–Crippen MR) is 104 cm³/mol. The van der Waals surface area contributed by atoms with E-state index in [0.717, 1.165) is 42.2 Å². The molecule has 0 bridgehead atoms. The molecule has 7 nitrogen and oxygen atoms in total. The summed E-state index contributed by atoms with van der Waals surface area (Å²) < 4.78 is 2.00. The molecule has 1 atom stereocenters. The van der Waals surface area contributed by atoms with Crippen LogP contribution in [0.5, 0.6) is 0 Å².